The number of aromatic nitrogens is 2. The van der Waals surface area contributed by atoms with Gasteiger partial charge in [-0.1, -0.05) is 20.8 Å². The molecule has 0 saturated carbocycles. The van der Waals surface area contributed by atoms with Gasteiger partial charge in [0, 0.05) is 19.0 Å². The fourth-order valence-corrected chi connectivity index (χ4v) is 1.55. The number of nitrogens with one attached hydrogen (secondary N) is 2. The average Bonchev–Trinajstić information content (AvgIpc) is 2.34. The lowest BCUT2D eigenvalue weighted by atomic mass is 10.1. The van der Waals surface area contributed by atoms with Crippen molar-refractivity contribution in [1.82, 2.24) is 9.97 Å². The summed E-state index contributed by atoms with van der Waals surface area (Å²) in [6.45, 7) is 7.42. The smallest absolute Gasteiger partial charge is 0.145 e. The van der Waals surface area contributed by atoms with Crippen LogP contribution >= 0.6 is 0 Å². The van der Waals surface area contributed by atoms with E-state index in [1.807, 2.05) is 13.0 Å². The first-order valence-corrected chi connectivity index (χ1v) is 6.24. The molecule has 0 aliphatic carbocycles. The van der Waals surface area contributed by atoms with E-state index in [1.54, 1.807) is 0 Å². The van der Waals surface area contributed by atoms with Crippen molar-refractivity contribution >= 4 is 11.6 Å². The normalized spacial score (nSPS) is 10.6. The average molecular weight is 237 g/mol. The van der Waals surface area contributed by atoms with Gasteiger partial charge in [-0.05, 0) is 18.8 Å². The van der Waals surface area contributed by atoms with Crippen molar-refractivity contribution in [2.24, 2.45) is 11.8 Å². The molecule has 1 aromatic rings. The fourth-order valence-electron chi connectivity index (χ4n) is 1.55. The standard InChI is InChI=1S/C12H23N5/c1-4-10-15-11(8-12(16-10)17-13)14-7-5-6-9(2)3/h8-9H,4-7,13H2,1-3H3,(H2,14,15,16,17). The Bertz CT molecular complexity index is 315. The molecule has 0 amide bonds. The molecule has 0 aliphatic rings. The summed E-state index contributed by atoms with van der Waals surface area (Å²) >= 11 is 0. The maximum absolute atomic E-state index is 5.37. The molecule has 5 heteroatoms. The number of nitrogen functional groups attached to an aromatic ring is 1. The van der Waals surface area contributed by atoms with Crippen LogP contribution in [0.25, 0.3) is 0 Å². The van der Waals surface area contributed by atoms with E-state index >= 15 is 0 Å². The van der Waals surface area contributed by atoms with Crippen LogP contribution in [0.3, 0.4) is 0 Å². The Morgan fingerprint density at radius 1 is 1.29 bits per heavy atom. The van der Waals surface area contributed by atoms with Crippen molar-refractivity contribution < 1.29 is 0 Å². The first-order valence-electron chi connectivity index (χ1n) is 6.24. The van der Waals surface area contributed by atoms with Crippen LogP contribution in [0.15, 0.2) is 6.07 Å². The summed E-state index contributed by atoms with van der Waals surface area (Å²) < 4.78 is 0. The highest BCUT2D eigenvalue weighted by Gasteiger charge is 2.02. The molecule has 0 radical (unpaired) electrons. The second-order valence-electron chi connectivity index (χ2n) is 4.52. The maximum Gasteiger partial charge on any atom is 0.145 e. The zero-order chi connectivity index (χ0) is 12.7. The molecule has 1 heterocycles. The Morgan fingerprint density at radius 3 is 2.59 bits per heavy atom. The molecule has 1 rings (SSSR count). The van der Waals surface area contributed by atoms with E-state index in [-0.39, 0.29) is 0 Å². The Kier molecular flexibility index (Phi) is 5.69. The van der Waals surface area contributed by atoms with E-state index in [2.05, 4.69) is 34.6 Å². The predicted octanol–water partition coefficient (Wildman–Crippen LogP) is 2.17. The number of hydrogen-bond donors (Lipinski definition) is 3. The number of aryl methyl sites for hydroxylation is 1. The minimum Gasteiger partial charge on any atom is -0.370 e. The highest BCUT2D eigenvalue weighted by Crippen LogP contribution is 2.11. The number of rotatable bonds is 7. The van der Waals surface area contributed by atoms with E-state index in [0.29, 0.717) is 5.82 Å². The molecule has 1 aromatic heterocycles. The summed E-state index contributed by atoms with van der Waals surface area (Å²) in [7, 11) is 0. The third-order valence-electron chi connectivity index (χ3n) is 2.50. The fraction of sp³-hybridized carbons (Fsp3) is 0.667. The van der Waals surface area contributed by atoms with Gasteiger partial charge in [0.05, 0.1) is 0 Å². The second kappa shape index (κ2) is 7.06. The minimum atomic E-state index is 0.656. The van der Waals surface area contributed by atoms with Gasteiger partial charge in [0.1, 0.15) is 17.5 Å². The summed E-state index contributed by atoms with van der Waals surface area (Å²) in [6, 6.07) is 1.83. The molecule has 0 saturated heterocycles. The topological polar surface area (TPSA) is 75.9 Å². The Morgan fingerprint density at radius 2 is 2.00 bits per heavy atom. The van der Waals surface area contributed by atoms with Crippen molar-refractivity contribution in [3.05, 3.63) is 11.9 Å². The third-order valence-corrected chi connectivity index (χ3v) is 2.50. The lowest BCUT2D eigenvalue weighted by molar-refractivity contribution is 0.566. The predicted molar refractivity (Wildman–Crippen MR) is 71.8 cm³/mol. The first kappa shape index (κ1) is 13.7. The monoisotopic (exact) mass is 237 g/mol. The van der Waals surface area contributed by atoms with Gasteiger partial charge in [-0.15, -0.1) is 0 Å². The lowest BCUT2D eigenvalue weighted by Crippen LogP contribution is -2.12. The molecular formula is C12H23N5. The summed E-state index contributed by atoms with van der Waals surface area (Å²) in [5.41, 5.74) is 2.56. The van der Waals surface area contributed by atoms with Crippen LogP contribution in [0.2, 0.25) is 0 Å². The van der Waals surface area contributed by atoms with Crippen LogP contribution in [-0.2, 0) is 6.42 Å². The molecular weight excluding hydrogens is 214 g/mol. The molecule has 17 heavy (non-hydrogen) atoms. The van der Waals surface area contributed by atoms with Crippen LogP contribution in [0, 0.1) is 5.92 Å². The Labute approximate surface area is 103 Å². The highest BCUT2D eigenvalue weighted by atomic mass is 15.3. The largest absolute Gasteiger partial charge is 0.370 e. The van der Waals surface area contributed by atoms with E-state index < -0.39 is 0 Å². The van der Waals surface area contributed by atoms with Gasteiger partial charge in [-0.3, -0.25) is 0 Å². The van der Waals surface area contributed by atoms with Gasteiger partial charge < -0.3 is 10.7 Å². The van der Waals surface area contributed by atoms with Crippen molar-refractivity contribution in [2.45, 2.75) is 40.0 Å². The van der Waals surface area contributed by atoms with Gasteiger partial charge in [-0.2, -0.15) is 0 Å². The summed E-state index contributed by atoms with van der Waals surface area (Å²) in [5.74, 6) is 8.41. The number of hydrogen-bond acceptors (Lipinski definition) is 5. The van der Waals surface area contributed by atoms with Gasteiger partial charge in [0.25, 0.3) is 0 Å². The highest BCUT2D eigenvalue weighted by molar-refractivity contribution is 5.46. The maximum atomic E-state index is 5.37. The summed E-state index contributed by atoms with van der Waals surface area (Å²) in [5, 5.41) is 3.30. The van der Waals surface area contributed by atoms with Crippen LogP contribution < -0.4 is 16.6 Å². The second-order valence-corrected chi connectivity index (χ2v) is 4.52. The number of anilines is 2. The molecule has 0 aromatic carbocycles. The quantitative estimate of drug-likeness (QED) is 0.385. The summed E-state index contributed by atoms with van der Waals surface area (Å²) in [6.07, 6.45) is 3.17. The Hall–Kier alpha value is -1.36. The van der Waals surface area contributed by atoms with Crippen molar-refractivity contribution in [3.8, 4) is 0 Å². The first-order chi connectivity index (χ1) is 8.15. The third kappa shape index (κ3) is 4.99. The number of nitrogens with zero attached hydrogens (tertiary/aromatic N) is 2. The van der Waals surface area contributed by atoms with E-state index in [1.165, 1.54) is 6.42 Å². The van der Waals surface area contributed by atoms with Crippen LogP contribution in [0.1, 0.15) is 39.4 Å². The zero-order valence-corrected chi connectivity index (χ0v) is 11.0. The van der Waals surface area contributed by atoms with Crippen molar-refractivity contribution in [3.63, 3.8) is 0 Å². The van der Waals surface area contributed by atoms with E-state index in [9.17, 15) is 0 Å². The van der Waals surface area contributed by atoms with Gasteiger partial charge in [-0.25, -0.2) is 15.8 Å². The van der Waals surface area contributed by atoms with Crippen LogP contribution in [0.4, 0.5) is 11.6 Å². The molecule has 0 unspecified atom stereocenters. The van der Waals surface area contributed by atoms with E-state index in [4.69, 9.17) is 5.84 Å². The minimum absolute atomic E-state index is 0.656. The molecule has 96 valence electrons. The van der Waals surface area contributed by atoms with Crippen molar-refractivity contribution in [2.75, 3.05) is 17.3 Å². The zero-order valence-electron chi connectivity index (χ0n) is 11.0. The number of hydrazine groups is 1. The molecule has 4 N–H and O–H groups in total. The lowest BCUT2D eigenvalue weighted by Gasteiger charge is -2.09. The molecule has 0 aliphatic heterocycles. The number of nitrogens with two attached hydrogens (primary N) is 1. The molecule has 0 bridgehead atoms. The molecule has 0 atom stereocenters. The van der Waals surface area contributed by atoms with E-state index in [0.717, 1.165) is 36.9 Å². The molecule has 0 fully saturated rings. The Balaban J connectivity index is 2.51. The van der Waals surface area contributed by atoms with Gasteiger partial charge in [0.2, 0.25) is 0 Å². The SMILES string of the molecule is CCc1nc(NN)cc(NCCCC(C)C)n1. The van der Waals surface area contributed by atoms with Crippen LogP contribution in [0.5, 0.6) is 0 Å². The molecule has 5 nitrogen and oxygen atoms in total. The van der Waals surface area contributed by atoms with Crippen molar-refractivity contribution in [1.29, 1.82) is 0 Å². The summed E-state index contributed by atoms with van der Waals surface area (Å²) in [4.78, 5) is 8.64. The van der Waals surface area contributed by atoms with Crippen LogP contribution in [-0.4, -0.2) is 16.5 Å². The molecule has 0 spiro atoms. The van der Waals surface area contributed by atoms with Gasteiger partial charge in [0.15, 0.2) is 0 Å². The van der Waals surface area contributed by atoms with Gasteiger partial charge >= 0.3 is 0 Å².